The van der Waals surface area contributed by atoms with Crippen molar-refractivity contribution in [3.8, 4) is 23.0 Å². The van der Waals surface area contributed by atoms with E-state index >= 15 is 0 Å². The van der Waals surface area contributed by atoms with Gasteiger partial charge in [-0.1, -0.05) is 17.7 Å². The summed E-state index contributed by atoms with van der Waals surface area (Å²) in [7, 11) is 6.48. The van der Waals surface area contributed by atoms with Crippen molar-refractivity contribution in [2.24, 2.45) is 4.99 Å². The summed E-state index contributed by atoms with van der Waals surface area (Å²) in [4.78, 5) is 4.93. The first-order chi connectivity index (χ1) is 14.1. The second-order valence-electron chi connectivity index (χ2n) is 6.44. The van der Waals surface area contributed by atoms with Gasteiger partial charge in [-0.15, -0.1) is 0 Å². The topological polar surface area (TPSA) is 49.3 Å². The number of hydrogen-bond acceptors (Lipinski definition) is 5. The van der Waals surface area contributed by atoms with Gasteiger partial charge in [0.2, 0.25) is 0 Å². The number of ether oxygens (including phenoxy) is 4. The number of aryl methyl sites for hydroxylation is 1. The zero-order valence-corrected chi connectivity index (χ0v) is 17.4. The zero-order valence-electron chi connectivity index (χ0n) is 17.4. The normalized spacial score (nSPS) is 10.2. The number of methoxy groups -OCH3 is 4. The lowest BCUT2D eigenvalue weighted by molar-refractivity contribution is 0.354. The van der Waals surface area contributed by atoms with Crippen LogP contribution in [0.25, 0.3) is 0 Å². The Kier molecular flexibility index (Phi) is 6.39. The van der Waals surface area contributed by atoms with E-state index in [4.69, 9.17) is 23.9 Å². The van der Waals surface area contributed by atoms with Crippen LogP contribution in [0.15, 0.2) is 65.7 Å². The minimum absolute atomic E-state index is 0.641. The summed E-state index contributed by atoms with van der Waals surface area (Å²) in [6.45, 7) is 2.05. The molecule has 150 valence electrons. The van der Waals surface area contributed by atoms with Crippen molar-refractivity contribution < 1.29 is 18.9 Å². The lowest BCUT2D eigenvalue weighted by Gasteiger charge is -2.14. The van der Waals surface area contributed by atoms with Crippen molar-refractivity contribution in [3.05, 3.63) is 77.4 Å². The molecule has 0 unspecified atom stereocenters. The molecule has 3 rings (SSSR count). The fourth-order valence-electron chi connectivity index (χ4n) is 3.01. The van der Waals surface area contributed by atoms with E-state index in [0.717, 1.165) is 22.5 Å². The molecule has 0 amide bonds. The SMILES string of the molecule is COc1ccc(C(=Nc2ccc(C)cc2)c2ccc(OC)c(OC)c2)cc1OC. The van der Waals surface area contributed by atoms with Gasteiger partial charge in [0.1, 0.15) is 0 Å². The molecule has 0 saturated heterocycles. The van der Waals surface area contributed by atoms with E-state index in [0.29, 0.717) is 23.0 Å². The monoisotopic (exact) mass is 391 g/mol. The van der Waals surface area contributed by atoms with E-state index in [9.17, 15) is 0 Å². The fourth-order valence-corrected chi connectivity index (χ4v) is 3.01. The van der Waals surface area contributed by atoms with Gasteiger partial charge >= 0.3 is 0 Å². The molecule has 3 aromatic rings. The molecule has 0 spiro atoms. The number of aliphatic imine (C=N–C) groups is 1. The Bertz CT molecular complexity index is 952. The molecule has 0 radical (unpaired) electrons. The van der Waals surface area contributed by atoms with E-state index in [2.05, 4.69) is 6.92 Å². The first kappa shape index (κ1) is 20.3. The second-order valence-corrected chi connectivity index (χ2v) is 6.44. The van der Waals surface area contributed by atoms with E-state index < -0.39 is 0 Å². The van der Waals surface area contributed by atoms with Crippen LogP contribution in [0.5, 0.6) is 23.0 Å². The molecule has 5 nitrogen and oxygen atoms in total. The van der Waals surface area contributed by atoms with Crippen molar-refractivity contribution >= 4 is 11.4 Å². The summed E-state index contributed by atoms with van der Waals surface area (Å²) >= 11 is 0. The third kappa shape index (κ3) is 4.51. The highest BCUT2D eigenvalue weighted by molar-refractivity contribution is 6.14. The number of nitrogens with zero attached hydrogens (tertiary/aromatic N) is 1. The summed E-state index contributed by atoms with van der Waals surface area (Å²) in [6, 6.07) is 19.6. The molecule has 0 aliphatic heterocycles. The number of rotatable bonds is 7. The highest BCUT2D eigenvalue weighted by atomic mass is 16.5. The van der Waals surface area contributed by atoms with Crippen molar-refractivity contribution in [1.82, 2.24) is 0 Å². The predicted molar refractivity (Wildman–Crippen MR) is 116 cm³/mol. The molecule has 29 heavy (non-hydrogen) atoms. The Morgan fingerprint density at radius 2 is 1.03 bits per heavy atom. The number of hydrogen-bond donors (Lipinski definition) is 0. The maximum absolute atomic E-state index is 5.49. The minimum atomic E-state index is 0.641. The minimum Gasteiger partial charge on any atom is -0.493 e. The molecule has 0 N–H and O–H groups in total. The van der Waals surface area contributed by atoms with Crippen LogP contribution in [-0.2, 0) is 0 Å². The third-order valence-electron chi connectivity index (χ3n) is 4.59. The molecule has 0 heterocycles. The Morgan fingerprint density at radius 1 is 0.586 bits per heavy atom. The highest BCUT2D eigenvalue weighted by Crippen LogP contribution is 2.32. The van der Waals surface area contributed by atoms with Gasteiger partial charge in [-0.25, -0.2) is 4.99 Å². The predicted octanol–water partition coefficient (Wildman–Crippen LogP) is 5.20. The lowest BCUT2D eigenvalue weighted by atomic mass is 10.0. The van der Waals surface area contributed by atoms with Crippen LogP contribution in [0.4, 0.5) is 5.69 Å². The molecule has 0 fully saturated rings. The van der Waals surface area contributed by atoms with E-state index in [1.165, 1.54) is 5.56 Å². The third-order valence-corrected chi connectivity index (χ3v) is 4.59. The van der Waals surface area contributed by atoms with Gasteiger partial charge in [-0.3, -0.25) is 0 Å². The maximum Gasteiger partial charge on any atom is 0.161 e. The van der Waals surface area contributed by atoms with Gasteiger partial charge in [0.05, 0.1) is 39.8 Å². The molecule has 0 bridgehead atoms. The smallest absolute Gasteiger partial charge is 0.161 e. The van der Waals surface area contributed by atoms with Crippen molar-refractivity contribution in [2.75, 3.05) is 28.4 Å². The maximum atomic E-state index is 5.49. The summed E-state index contributed by atoms with van der Waals surface area (Å²) in [5.41, 5.74) is 4.62. The first-order valence-corrected chi connectivity index (χ1v) is 9.19. The first-order valence-electron chi connectivity index (χ1n) is 9.19. The lowest BCUT2D eigenvalue weighted by Crippen LogP contribution is -2.05. The van der Waals surface area contributed by atoms with Crippen LogP contribution in [0, 0.1) is 6.92 Å². The second kappa shape index (κ2) is 9.15. The van der Waals surface area contributed by atoms with Crippen LogP contribution in [0.1, 0.15) is 16.7 Å². The highest BCUT2D eigenvalue weighted by Gasteiger charge is 2.14. The van der Waals surface area contributed by atoms with Crippen LogP contribution < -0.4 is 18.9 Å². The van der Waals surface area contributed by atoms with E-state index in [1.54, 1.807) is 28.4 Å². The average molecular weight is 391 g/mol. The zero-order chi connectivity index (χ0) is 20.8. The molecule has 0 aliphatic rings. The molecular formula is C24H25NO4. The van der Waals surface area contributed by atoms with Crippen LogP contribution in [0.3, 0.4) is 0 Å². The van der Waals surface area contributed by atoms with Crippen LogP contribution >= 0.6 is 0 Å². The Balaban J connectivity index is 2.18. The van der Waals surface area contributed by atoms with E-state index in [1.807, 2.05) is 60.7 Å². The summed E-state index contributed by atoms with van der Waals surface area (Å²) < 4.78 is 21.7. The van der Waals surface area contributed by atoms with Gasteiger partial charge in [-0.05, 0) is 55.5 Å². The number of benzene rings is 3. The van der Waals surface area contributed by atoms with Gasteiger partial charge in [0, 0.05) is 11.1 Å². The van der Waals surface area contributed by atoms with Gasteiger partial charge in [0.15, 0.2) is 23.0 Å². The molecule has 3 aromatic carbocycles. The summed E-state index contributed by atoms with van der Waals surface area (Å²) in [5.74, 6) is 2.61. The van der Waals surface area contributed by atoms with Crippen LogP contribution in [-0.4, -0.2) is 34.2 Å². The fraction of sp³-hybridized carbons (Fsp3) is 0.208. The standard InChI is InChI=1S/C24H25NO4/c1-16-6-10-19(11-7-16)25-24(17-8-12-20(26-2)22(14-17)28-4)18-9-13-21(27-3)23(15-18)29-5/h6-15H,1-5H3. The Morgan fingerprint density at radius 3 is 1.45 bits per heavy atom. The molecule has 0 aromatic heterocycles. The van der Waals surface area contributed by atoms with Gasteiger partial charge < -0.3 is 18.9 Å². The molecular weight excluding hydrogens is 366 g/mol. The van der Waals surface area contributed by atoms with Crippen LogP contribution in [0.2, 0.25) is 0 Å². The van der Waals surface area contributed by atoms with Gasteiger partial charge in [0.25, 0.3) is 0 Å². The summed E-state index contributed by atoms with van der Waals surface area (Å²) in [6.07, 6.45) is 0. The quantitative estimate of drug-likeness (QED) is 0.520. The molecule has 0 atom stereocenters. The van der Waals surface area contributed by atoms with Crippen molar-refractivity contribution in [2.45, 2.75) is 6.92 Å². The van der Waals surface area contributed by atoms with Crippen molar-refractivity contribution in [1.29, 1.82) is 0 Å². The molecule has 0 saturated carbocycles. The Hall–Kier alpha value is -3.47. The largest absolute Gasteiger partial charge is 0.493 e. The molecule has 5 heteroatoms. The molecule has 0 aliphatic carbocycles. The Labute approximate surface area is 171 Å². The van der Waals surface area contributed by atoms with Gasteiger partial charge in [-0.2, -0.15) is 0 Å². The van der Waals surface area contributed by atoms with E-state index in [-0.39, 0.29) is 0 Å². The summed E-state index contributed by atoms with van der Waals surface area (Å²) in [5, 5.41) is 0. The van der Waals surface area contributed by atoms with Crippen molar-refractivity contribution in [3.63, 3.8) is 0 Å². The average Bonchev–Trinajstić information content (AvgIpc) is 2.77.